The van der Waals surface area contributed by atoms with Crippen LogP contribution >= 0.6 is 11.8 Å². The van der Waals surface area contributed by atoms with Gasteiger partial charge in [0.25, 0.3) is 0 Å². The fourth-order valence-electron chi connectivity index (χ4n) is 3.79. The van der Waals surface area contributed by atoms with Crippen molar-refractivity contribution in [3.8, 4) is 0 Å². The topological polar surface area (TPSA) is 102 Å². The molecule has 2 aromatic rings. The van der Waals surface area contributed by atoms with Crippen LogP contribution in [0.3, 0.4) is 0 Å². The van der Waals surface area contributed by atoms with E-state index < -0.39 is 5.41 Å². The quantitative estimate of drug-likeness (QED) is 0.207. The van der Waals surface area contributed by atoms with E-state index in [1.807, 2.05) is 65.6 Å². The third-order valence-electron chi connectivity index (χ3n) is 6.05. The van der Waals surface area contributed by atoms with Crippen LogP contribution in [0.25, 0.3) is 6.08 Å². The highest BCUT2D eigenvalue weighted by atomic mass is 32.2. The second-order valence-corrected chi connectivity index (χ2v) is 10.4. The van der Waals surface area contributed by atoms with Gasteiger partial charge in [-0.15, -0.1) is 0 Å². The van der Waals surface area contributed by atoms with Crippen molar-refractivity contribution < 1.29 is 19.8 Å². The second kappa shape index (κ2) is 15.2. The molecule has 1 amide bonds. The lowest BCUT2D eigenvalue weighted by Crippen LogP contribution is -2.32. The SMILES string of the molecule is C=C(/C=C/c1ccc(N(CCO)CCO)cc1)C(C)(C)c1ccccc1NCC(=O)NCCSC(C)=O. The maximum absolute atomic E-state index is 12.2. The number of rotatable bonds is 15. The smallest absolute Gasteiger partial charge is 0.239 e. The van der Waals surface area contributed by atoms with E-state index in [2.05, 4.69) is 31.1 Å². The van der Waals surface area contributed by atoms with Crippen LogP contribution in [0.5, 0.6) is 0 Å². The third kappa shape index (κ3) is 9.72. The maximum atomic E-state index is 12.2. The molecule has 0 fully saturated rings. The molecule has 8 heteroatoms. The first-order chi connectivity index (χ1) is 17.7. The van der Waals surface area contributed by atoms with Crippen LogP contribution in [0.2, 0.25) is 0 Å². The van der Waals surface area contributed by atoms with E-state index in [0.29, 0.717) is 25.4 Å². The van der Waals surface area contributed by atoms with Gasteiger partial charge in [-0.3, -0.25) is 9.59 Å². The summed E-state index contributed by atoms with van der Waals surface area (Å²) in [6.45, 7) is 11.6. The summed E-state index contributed by atoms with van der Waals surface area (Å²) in [6.07, 6.45) is 4.02. The van der Waals surface area contributed by atoms with Crippen molar-refractivity contribution in [2.45, 2.75) is 26.2 Å². The molecule has 0 aromatic heterocycles. The highest BCUT2D eigenvalue weighted by molar-refractivity contribution is 8.13. The number of amides is 1. The van der Waals surface area contributed by atoms with Gasteiger partial charge in [-0.1, -0.05) is 74.7 Å². The zero-order valence-corrected chi connectivity index (χ0v) is 22.8. The Bertz CT molecular complexity index is 1060. The summed E-state index contributed by atoms with van der Waals surface area (Å²) in [7, 11) is 0. The Morgan fingerprint density at radius 1 is 1.05 bits per heavy atom. The number of anilines is 2. The minimum absolute atomic E-state index is 0.0256. The molecule has 2 rings (SSSR count). The Labute approximate surface area is 224 Å². The van der Waals surface area contributed by atoms with Crippen LogP contribution in [-0.4, -0.2) is 66.4 Å². The van der Waals surface area contributed by atoms with Crippen molar-refractivity contribution in [3.05, 3.63) is 77.9 Å². The van der Waals surface area contributed by atoms with Crippen molar-refractivity contribution in [1.29, 1.82) is 0 Å². The van der Waals surface area contributed by atoms with Crippen LogP contribution in [0.15, 0.2) is 66.8 Å². The molecule has 0 saturated carbocycles. The molecule has 0 aliphatic carbocycles. The molecule has 0 radical (unpaired) electrons. The predicted molar refractivity (Wildman–Crippen MR) is 155 cm³/mol. The van der Waals surface area contributed by atoms with Crippen LogP contribution in [-0.2, 0) is 15.0 Å². The van der Waals surface area contributed by atoms with Gasteiger partial charge in [-0.05, 0) is 34.9 Å². The van der Waals surface area contributed by atoms with E-state index in [1.165, 1.54) is 18.7 Å². The number of nitrogens with one attached hydrogen (secondary N) is 2. The van der Waals surface area contributed by atoms with E-state index in [4.69, 9.17) is 0 Å². The molecule has 200 valence electrons. The summed E-state index contributed by atoms with van der Waals surface area (Å²) in [5.74, 6) is 0.429. The van der Waals surface area contributed by atoms with Crippen LogP contribution in [0, 0.1) is 0 Å². The van der Waals surface area contributed by atoms with Gasteiger partial charge in [0, 0.05) is 49.1 Å². The van der Waals surface area contributed by atoms with Crippen molar-refractivity contribution in [2.24, 2.45) is 0 Å². The Balaban J connectivity index is 2.04. The monoisotopic (exact) mass is 525 g/mol. The number of thioether (sulfide) groups is 1. The largest absolute Gasteiger partial charge is 0.395 e. The van der Waals surface area contributed by atoms with E-state index >= 15 is 0 Å². The van der Waals surface area contributed by atoms with E-state index in [9.17, 15) is 19.8 Å². The minimum Gasteiger partial charge on any atom is -0.395 e. The van der Waals surface area contributed by atoms with Crippen LogP contribution < -0.4 is 15.5 Å². The Morgan fingerprint density at radius 2 is 1.70 bits per heavy atom. The number of nitrogens with zero attached hydrogens (tertiary/aromatic N) is 1. The minimum atomic E-state index is -0.395. The molecule has 0 heterocycles. The standard InChI is InChI=1S/C29H39N3O4S/c1-22(9-10-24-11-13-25(14-12-24)32(16-18-33)17-19-34)29(3,4)26-7-5-6-8-27(26)31-21-28(36)30-15-20-37-23(2)35/h5-14,31,33-34H,1,15-21H2,2-4H3,(H,30,36)/b10-9+. The molecular weight excluding hydrogens is 486 g/mol. The zero-order chi connectivity index (χ0) is 27.3. The first-order valence-electron chi connectivity index (χ1n) is 12.4. The molecule has 0 atom stereocenters. The van der Waals surface area contributed by atoms with Crippen molar-refractivity contribution in [3.63, 3.8) is 0 Å². The maximum Gasteiger partial charge on any atom is 0.239 e. The normalized spacial score (nSPS) is 11.4. The first-order valence-corrected chi connectivity index (χ1v) is 13.3. The molecule has 7 nitrogen and oxygen atoms in total. The highest BCUT2D eigenvalue weighted by Gasteiger charge is 2.25. The fraction of sp³-hybridized carbons (Fsp3) is 0.379. The first kappa shape index (κ1) is 30.2. The highest BCUT2D eigenvalue weighted by Crippen LogP contribution is 2.36. The number of para-hydroxylation sites is 1. The van der Waals surface area contributed by atoms with Crippen LogP contribution in [0.1, 0.15) is 31.9 Å². The molecule has 0 bridgehead atoms. The fourth-order valence-corrected chi connectivity index (χ4v) is 4.28. The van der Waals surface area contributed by atoms with Gasteiger partial charge in [0.1, 0.15) is 0 Å². The second-order valence-electron chi connectivity index (χ2n) is 9.10. The van der Waals surface area contributed by atoms with Crippen molar-refractivity contribution in [1.82, 2.24) is 5.32 Å². The summed E-state index contributed by atoms with van der Waals surface area (Å²) in [5, 5.41) is 24.6. The molecule has 4 N–H and O–H groups in total. The molecular formula is C29H39N3O4S. The number of hydrogen-bond donors (Lipinski definition) is 4. The van der Waals surface area contributed by atoms with Gasteiger partial charge in [0.2, 0.25) is 5.91 Å². The lowest BCUT2D eigenvalue weighted by atomic mass is 9.77. The molecule has 0 spiro atoms. The van der Waals surface area contributed by atoms with E-state index in [-0.39, 0.29) is 30.8 Å². The molecule has 0 aliphatic heterocycles. The molecule has 37 heavy (non-hydrogen) atoms. The number of aliphatic hydroxyl groups excluding tert-OH is 2. The van der Waals surface area contributed by atoms with E-state index in [1.54, 1.807) is 0 Å². The van der Waals surface area contributed by atoms with Gasteiger partial charge < -0.3 is 25.7 Å². The predicted octanol–water partition coefficient (Wildman–Crippen LogP) is 3.83. The van der Waals surface area contributed by atoms with Gasteiger partial charge >= 0.3 is 0 Å². The van der Waals surface area contributed by atoms with Crippen molar-refractivity contribution >= 4 is 40.2 Å². The Hall–Kier alpha value is -3.07. The molecule has 0 aliphatic rings. The molecule has 0 saturated heterocycles. The summed E-state index contributed by atoms with van der Waals surface area (Å²) in [4.78, 5) is 25.2. The van der Waals surface area contributed by atoms with E-state index in [0.717, 1.165) is 28.1 Å². The average molecular weight is 526 g/mol. The lowest BCUT2D eigenvalue weighted by Gasteiger charge is -2.29. The summed E-state index contributed by atoms with van der Waals surface area (Å²) < 4.78 is 0. The van der Waals surface area contributed by atoms with Crippen molar-refractivity contribution in [2.75, 3.05) is 55.4 Å². The van der Waals surface area contributed by atoms with Gasteiger partial charge in [-0.2, -0.15) is 0 Å². The third-order valence-corrected chi connectivity index (χ3v) is 6.86. The van der Waals surface area contributed by atoms with Crippen LogP contribution in [0.4, 0.5) is 11.4 Å². The molecule has 0 unspecified atom stereocenters. The van der Waals surface area contributed by atoms with Gasteiger partial charge in [0.15, 0.2) is 5.12 Å². The number of carbonyl (C=O) groups is 2. The Morgan fingerprint density at radius 3 is 2.32 bits per heavy atom. The summed E-state index contributed by atoms with van der Waals surface area (Å²) in [5.41, 5.74) is 4.38. The molecule has 2 aromatic carbocycles. The number of aliphatic hydroxyl groups is 2. The van der Waals surface area contributed by atoms with Gasteiger partial charge in [-0.25, -0.2) is 0 Å². The summed E-state index contributed by atoms with van der Waals surface area (Å²) in [6, 6.07) is 15.8. The average Bonchev–Trinajstić information content (AvgIpc) is 2.88. The number of allylic oxidation sites excluding steroid dienone is 2. The lowest BCUT2D eigenvalue weighted by molar-refractivity contribution is -0.119. The number of carbonyl (C=O) groups excluding carboxylic acids is 2. The zero-order valence-electron chi connectivity index (χ0n) is 22.0. The number of hydrogen-bond acceptors (Lipinski definition) is 7. The van der Waals surface area contributed by atoms with Gasteiger partial charge in [0.05, 0.1) is 19.8 Å². The summed E-state index contributed by atoms with van der Waals surface area (Å²) >= 11 is 1.19. The Kier molecular flexibility index (Phi) is 12.4. The number of benzene rings is 2.